The molecule has 0 heterocycles. The third kappa shape index (κ3) is 11.5. The molecule has 0 saturated carbocycles. The van der Waals surface area contributed by atoms with Crippen molar-refractivity contribution in [3.8, 4) is 0 Å². The van der Waals surface area contributed by atoms with E-state index in [1.165, 1.54) is 11.8 Å². The number of thioether (sulfide) groups is 1. The maximum absolute atomic E-state index is 12.7. The number of aliphatic hydroxyl groups is 1. The zero-order valence-corrected chi connectivity index (χ0v) is 18.6. The van der Waals surface area contributed by atoms with Gasteiger partial charge < -0.3 is 37.0 Å². The Hall–Kier alpha value is -2.38. The van der Waals surface area contributed by atoms with Crippen LogP contribution in [0.5, 0.6) is 0 Å². The summed E-state index contributed by atoms with van der Waals surface area (Å²) in [7, 11) is 0. The molecule has 0 aromatic heterocycles. The van der Waals surface area contributed by atoms with Crippen LogP contribution in [0.3, 0.4) is 0 Å². The van der Waals surface area contributed by atoms with Crippen molar-refractivity contribution in [1.82, 2.24) is 16.0 Å². The van der Waals surface area contributed by atoms with Crippen LogP contribution < -0.4 is 21.7 Å². The lowest BCUT2D eigenvalue weighted by Crippen LogP contribution is -2.58. The highest BCUT2D eigenvalue weighted by molar-refractivity contribution is 7.98. The van der Waals surface area contributed by atoms with Crippen molar-refractivity contribution < 1.29 is 39.3 Å². The quantitative estimate of drug-likeness (QED) is 0.143. The molecule has 0 bridgehead atoms. The van der Waals surface area contributed by atoms with E-state index in [1.807, 2.05) is 6.26 Å². The summed E-state index contributed by atoms with van der Waals surface area (Å²) in [5.41, 5.74) is 5.75. The summed E-state index contributed by atoms with van der Waals surface area (Å²) in [5, 5.41) is 33.9. The molecule has 12 nitrogen and oxygen atoms in total. The van der Waals surface area contributed by atoms with Crippen LogP contribution in [0.25, 0.3) is 0 Å². The largest absolute Gasteiger partial charge is 0.481 e. The van der Waals surface area contributed by atoms with Gasteiger partial charge in [0.15, 0.2) is 0 Å². The molecule has 0 aromatic carbocycles. The molecule has 0 saturated heterocycles. The average molecular weight is 465 g/mol. The maximum Gasteiger partial charge on any atom is 0.328 e. The Morgan fingerprint density at radius 3 is 1.87 bits per heavy atom. The summed E-state index contributed by atoms with van der Waals surface area (Å²) < 4.78 is 0. The van der Waals surface area contributed by atoms with Crippen LogP contribution in [0, 0.1) is 5.92 Å². The van der Waals surface area contributed by atoms with Gasteiger partial charge in [-0.3, -0.25) is 19.2 Å². The van der Waals surface area contributed by atoms with E-state index in [-0.39, 0.29) is 12.3 Å². The second-order valence-electron chi connectivity index (χ2n) is 7.32. The lowest BCUT2D eigenvalue weighted by molar-refractivity contribution is -0.144. The smallest absolute Gasteiger partial charge is 0.328 e. The molecule has 178 valence electrons. The van der Waals surface area contributed by atoms with Gasteiger partial charge in [0.05, 0.1) is 19.1 Å². The van der Waals surface area contributed by atoms with Gasteiger partial charge >= 0.3 is 11.9 Å². The van der Waals surface area contributed by atoms with Gasteiger partial charge in [-0.2, -0.15) is 11.8 Å². The molecule has 4 unspecified atom stereocenters. The molecule has 13 heteroatoms. The van der Waals surface area contributed by atoms with Crippen LogP contribution in [-0.4, -0.2) is 87.8 Å². The zero-order valence-electron chi connectivity index (χ0n) is 17.8. The first-order valence-corrected chi connectivity index (χ1v) is 11.0. The number of aliphatic hydroxyl groups excluding tert-OH is 1. The van der Waals surface area contributed by atoms with Crippen LogP contribution >= 0.6 is 11.8 Å². The minimum atomic E-state index is -1.57. The van der Waals surface area contributed by atoms with Gasteiger partial charge in [0.2, 0.25) is 17.7 Å². The fourth-order valence-corrected chi connectivity index (χ4v) is 2.96. The Kier molecular flexibility index (Phi) is 13.5. The van der Waals surface area contributed by atoms with Gasteiger partial charge in [-0.05, 0) is 30.8 Å². The van der Waals surface area contributed by atoms with Crippen LogP contribution in [0.2, 0.25) is 0 Å². The normalized spacial score (nSPS) is 14.8. The topological polar surface area (TPSA) is 208 Å². The summed E-state index contributed by atoms with van der Waals surface area (Å²) in [6, 6.07) is -5.20. The molecular formula is C18H32N4O8S. The van der Waals surface area contributed by atoms with E-state index in [4.69, 9.17) is 21.1 Å². The lowest BCUT2D eigenvalue weighted by Gasteiger charge is -2.25. The zero-order chi connectivity index (χ0) is 24.1. The highest BCUT2D eigenvalue weighted by Crippen LogP contribution is 2.07. The molecule has 0 fully saturated rings. The molecule has 4 atom stereocenters. The molecule has 0 rings (SSSR count). The fraction of sp³-hybridized carbons (Fsp3) is 0.722. The predicted molar refractivity (Wildman–Crippen MR) is 113 cm³/mol. The van der Waals surface area contributed by atoms with E-state index >= 15 is 0 Å². The highest BCUT2D eigenvalue weighted by Gasteiger charge is 2.31. The van der Waals surface area contributed by atoms with Gasteiger partial charge in [0.1, 0.15) is 18.1 Å². The van der Waals surface area contributed by atoms with Crippen LogP contribution in [-0.2, 0) is 24.0 Å². The van der Waals surface area contributed by atoms with Crippen LogP contribution in [0.1, 0.15) is 33.1 Å². The van der Waals surface area contributed by atoms with Gasteiger partial charge in [0.25, 0.3) is 0 Å². The number of aliphatic carboxylic acids is 2. The Labute approximate surface area is 184 Å². The lowest BCUT2D eigenvalue weighted by atomic mass is 10.0. The van der Waals surface area contributed by atoms with Crippen molar-refractivity contribution in [2.24, 2.45) is 11.7 Å². The van der Waals surface area contributed by atoms with E-state index in [9.17, 15) is 24.0 Å². The van der Waals surface area contributed by atoms with Gasteiger partial charge in [0, 0.05) is 0 Å². The summed E-state index contributed by atoms with van der Waals surface area (Å²) in [5.74, 6) is -4.80. The number of carboxylic acids is 2. The fourth-order valence-electron chi connectivity index (χ4n) is 2.47. The highest BCUT2D eigenvalue weighted by atomic mass is 32.2. The van der Waals surface area contributed by atoms with Gasteiger partial charge in [-0.25, -0.2) is 4.79 Å². The predicted octanol–water partition coefficient (Wildman–Crippen LogP) is -1.88. The molecule has 0 radical (unpaired) electrons. The van der Waals surface area contributed by atoms with Crippen molar-refractivity contribution >= 4 is 41.4 Å². The molecule has 31 heavy (non-hydrogen) atoms. The number of carbonyl (C=O) groups is 5. The Morgan fingerprint density at radius 1 is 0.903 bits per heavy atom. The molecule has 8 N–H and O–H groups in total. The molecule has 0 aliphatic carbocycles. The standard InChI is InChI=1S/C18H32N4O8S/c1-9(2)6-11(16(27)22-13(8-23)18(29)30)21-17(28)12(7-14(24)25)20-15(26)10(19)4-5-31-3/h9-13,23H,4-8,19H2,1-3H3,(H,20,26)(H,21,28)(H,22,27)(H,24,25)(H,29,30). The molecule has 0 aliphatic rings. The molecule has 0 aromatic rings. The summed E-state index contributed by atoms with van der Waals surface area (Å²) >= 11 is 1.47. The first kappa shape index (κ1) is 28.6. The Bertz CT molecular complexity index is 646. The van der Waals surface area contributed by atoms with E-state index in [0.29, 0.717) is 12.2 Å². The van der Waals surface area contributed by atoms with Gasteiger partial charge in [-0.15, -0.1) is 0 Å². The molecular weight excluding hydrogens is 432 g/mol. The second-order valence-corrected chi connectivity index (χ2v) is 8.31. The number of hydrogen-bond donors (Lipinski definition) is 7. The van der Waals surface area contributed by atoms with Crippen molar-refractivity contribution in [2.45, 2.75) is 57.3 Å². The van der Waals surface area contributed by atoms with Crippen molar-refractivity contribution in [2.75, 3.05) is 18.6 Å². The van der Waals surface area contributed by atoms with Gasteiger partial charge in [-0.1, -0.05) is 13.8 Å². The summed E-state index contributed by atoms with van der Waals surface area (Å²) in [4.78, 5) is 59.5. The summed E-state index contributed by atoms with van der Waals surface area (Å²) in [6.07, 6.45) is 1.52. The number of hydrogen-bond acceptors (Lipinski definition) is 8. The van der Waals surface area contributed by atoms with Crippen molar-refractivity contribution in [1.29, 1.82) is 0 Å². The molecule has 0 aliphatic heterocycles. The number of nitrogens with one attached hydrogen (secondary N) is 3. The monoisotopic (exact) mass is 464 g/mol. The van der Waals surface area contributed by atoms with Crippen LogP contribution in [0.15, 0.2) is 0 Å². The first-order valence-electron chi connectivity index (χ1n) is 9.63. The Balaban J connectivity index is 5.38. The van der Waals surface area contributed by atoms with Crippen molar-refractivity contribution in [3.63, 3.8) is 0 Å². The van der Waals surface area contributed by atoms with E-state index in [1.54, 1.807) is 13.8 Å². The van der Waals surface area contributed by atoms with E-state index < -0.39 is 66.9 Å². The molecule has 3 amide bonds. The van der Waals surface area contributed by atoms with Crippen LogP contribution in [0.4, 0.5) is 0 Å². The third-order valence-corrected chi connectivity index (χ3v) is 4.76. The minimum Gasteiger partial charge on any atom is -0.481 e. The summed E-state index contributed by atoms with van der Waals surface area (Å²) in [6.45, 7) is 2.66. The number of rotatable bonds is 15. The maximum atomic E-state index is 12.7. The third-order valence-electron chi connectivity index (χ3n) is 4.12. The minimum absolute atomic E-state index is 0.0964. The second kappa shape index (κ2) is 14.6. The first-order chi connectivity index (χ1) is 14.4. The van der Waals surface area contributed by atoms with E-state index in [0.717, 1.165) is 0 Å². The number of carbonyl (C=O) groups excluding carboxylic acids is 3. The molecule has 0 spiro atoms. The average Bonchev–Trinajstić information content (AvgIpc) is 2.67. The van der Waals surface area contributed by atoms with E-state index in [2.05, 4.69) is 16.0 Å². The number of amides is 3. The Morgan fingerprint density at radius 2 is 1.42 bits per heavy atom. The SMILES string of the molecule is CSCCC(N)C(=O)NC(CC(=O)O)C(=O)NC(CC(C)C)C(=O)NC(CO)C(=O)O. The number of nitrogens with two attached hydrogens (primary N) is 1. The number of carboxylic acid groups (broad SMARTS) is 2. The van der Waals surface area contributed by atoms with Crippen molar-refractivity contribution in [3.05, 3.63) is 0 Å².